The lowest BCUT2D eigenvalue weighted by atomic mass is 9.89. The molecule has 21 heavy (non-hydrogen) atoms. The lowest BCUT2D eigenvalue weighted by molar-refractivity contribution is 0.0413. The fourth-order valence-corrected chi connectivity index (χ4v) is 3.43. The largest absolute Gasteiger partial charge is 0.381 e. The van der Waals surface area contributed by atoms with Crippen LogP contribution >= 0.6 is 0 Å². The Labute approximate surface area is 123 Å². The van der Waals surface area contributed by atoms with Gasteiger partial charge in [0.25, 0.3) is 0 Å². The van der Waals surface area contributed by atoms with E-state index in [4.69, 9.17) is 4.74 Å². The molecule has 0 spiro atoms. The van der Waals surface area contributed by atoms with Crippen LogP contribution in [0.4, 0.5) is 8.78 Å². The van der Waals surface area contributed by atoms with Gasteiger partial charge >= 0.3 is 0 Å². The normalized spacial score (nSPS) is 27.7. The van der Waals surface area contributed by atoms with Crippen LogP contribution in [0.1, 0.15) is 24.3 Å². The third-order valence-electron chi connectivity index (χ3n) is 4.58. The molecule has 2 fully saturated rings. The van der Waals surface area contributed by atoms with Gasteiger partial charge < -0.3 is 4.74 Å². The Morgan fingerprint density at radius 3 is 2.62 bits per heavy atom. The SMILES string of the molecule is N#CC1CN(C2CCOCC2)C[C@H]1c1ccc(F)cc1F. The maximum Gasteiger partial charge on any atom is 0.129 e. The van der Waals surface area contributed by atoms with Crippen molar-refractivity contribution in [3.63, 3.8) is 0 Å². The number of hydrogen-bond acceptors (Lipinski definition) is 3. The molecule has 5 heteroatoms. The van der Waals surface area contributed by atoms with Gasteiger partial charge in [-0.05, 0) is 24.5 Å². The summed E-state index contributed by atoms with van der Waals surface area (Å²) >= 11 is 0. The Hall–Kier alpha value is -1.51. The molecule has 3 nitrogen and oxygen atoms in total. The predicted octanol–water partition coefficient (Wildman–Crippen LogP) is 2.68. The minimum Gasteiger partial charge on any atom is -0.381 e. The van der Waals surface area contributed by atoms with Gasteiger partial charge in [0.15, 0.2) is 0 Å². The van der Waals surface area contributed by atoms with Crippen LogP contribution in [0.15, 0.2) is 18.2 Å². The lowest BCUT2D eigenvalue weighted by Crippen LogP contribution is -2.38. The van der Waals surface area contributed by atoms with E-state index in [1.165, 1.54) is 12.1 Å². The smallest absolute Gasteiger partial charge is 0.129 e. The van der Waals surface area contributed by atoms with E-state index >= 15 is 0 Å². The van der Waals surface area contributed by atoms with Gasteiger partial charge in [0, 0.05) is 44.3 Å². The second-order valence-corrected chi connectivity index (χ2v) is 5.81. The summed E-state index contributed by atoms with van der Waals surface area (Å²) in [4.78, 5) is 2.27. The van der Waals surface area contributed by atoms with E-state index in [0.29, 0.717) is 24.7 Å². The van der Waals surface area contributed by atoms with Crippen molar-refractivity contribution in [2.24, 2.45) is 5.92 Å². The monoisotopic (exact) mass is 292 g/mol. The number of ether oxygens (including phenoxy) is 1. The maximum atomic E-state index is 14.0. The van der Waals surface area contributed by atoms with Crippen LogP contribution in [0.5, 0.6) is 0 Å². The Morgan fingerprint density at radius 2 is 1.95 bits per heavy atom. The fourth-order valence-electron chi connectivity index (χ4n) is 3.43. The standard InChI is InChI=1S/C16H18F2N2O/c17-12-1-2-14(16(18)7-12)15-10-20(9-11(15)8-19)13-3-5-21-6-4-13/h1-2,7,11,13,15H,3-6,9-10H2/t11?,15-/m1/s1. The molecule has 0 saturated carbocycles. The van der Waals surface area contributed by atoms with Crippen molar-refractivity contribution < 1.29 is 13.5 Å². The summed E-state index contributed by atoms with van der Waals surface area (Å²) < 4.78 is 32.4. The van der Waals surface area contributed by atoms with E-state index < -0.39 is 11.6 Å². The van der Waals surface area contributed by atoms with Crippen LogP contribution in [-0.2, 0) is 4.74 Å². The van der Waals surface area contributed by atoms with Crippen LogP contribution in [-0.4, -0.2) is 37.2 Å². The maximum absolute atomic E-state index is 14.0. The first-order chi connectivity index (χ1) is 10.2. The highest BCUT2D eigenvalue weighted by Crippen LogP contribution is 2.36. The van der Waals surface area contributed by atoms with E-state index in [9.17, 15) is 14.0 Å². The molecule has 0 radical (unpaired) electrons. The number of likely N-dealkylation sites (tertiary alicyclic amines) is 1. The molecule has 112 valence electrons. The summed E-state index contributed by atoms with van der Waals surface area (Å²) in [6.07, 6.45) is 1.91. The van der Waals surface area contributed by atoms with Gasteiger partial charge in [-0.25, -0.2) is 8.78 Å². The first-order valence-corrected chi connectivity index (χ1v) is 7.35. The molecule has 2 aliphatic rings. The van der Waals surface area contributed by atoms with Crippen LogP contribution in [0, 0.1) is 28.9 Å². The summed E-state index contributed by atoms with van der Waals surface area (Å²) in [7, 11) is 0. The van der Waals surface area contributed by atoms with E-state index in [-0.39, 0.29) is 11.8 Å². The van der Waals surface area contributed by atoms with Gasteiger partial charge in [-0.3, -0.25) is 4.90 Å². The van der Waals surface area contributed by atoms with E-state index in [0.717, 1.165) is 32.1 Å². The topological polar surface area (TPSA) is 36.3 Å². The summed E-state index contributed by atoms with van der Waals surface area (Å²) in [6.45, 7) is 2.80. The molecule has 1 unspecified atom stereocenters. The Bertz CT molecular complexity index is 552. The van der Waals surface area contributed by atoms with E-state index in [1.54, 1.807) is 0 Å². The molecule has 3 rings (SSSR count). The molecular formula is C16H18F2N2O. The van der Waals surface area contributed by atoms with Gasteiger partial charge in [0.05, 0.1) is 12.0 Å². The van der Waals surface area contributed by atoms with Crippen molar-refractivity contribution in [1.29, 1.82) is 5.26 Å². The van der Waals surface area contributed by atoms with Crippen LogP contribution in [0.3, 0.4) is 0 Å². The highest BCUT2D eigenvalue weighted by Gasteiger charge is 2.38. The van der Waals surface area contributed by atoms with Crippen molar-refractivity contribution in [1.82, 2.24) is 4.90 Å². The number of nitriles is 1. The number of hydrogen-bond donors (Lipinski definition) is 0. The molecule has 0 bridgehead atoms. The fraction of sp³-hybridized carbons (Fsp3) is 0.562. The van der Waals surface area contributed by atoms with Crippen LogP contribution < -0.4 is 0 Å². The molecule has 2 saturated heterocycles. The minimum absolute atomic E-state index is 0.182. The molecule has 0 N–H and O–H groups in total. The zero-order chi connectivity index (χ0) is 14.8. The summed E-state index contributed by atoms with van der Waals surface area (Å²) in [6, 6.07) is 6.35. The van der Waals surface area contributed by atoms with Crippen molar-refractivity contribution >= 4 is 0 Å². The first-order valence-electron chi connectivity index (χ1n) is 7.35. The number of benzene rings is 1. The molecule has 0 amide bonds. The summed E-state index contributed by atoms with van der Waals surface area (Å²) in [5.74, 6) is -1.55. The van der Waals surface area contributed by atoms with Crippen molar-refractivity contribution in [3.05, 3.63) is 35.4 Å². The van der Waals surface area contributed by atoms with E-state index in [2.05, 4.69) is 11.0 Å². The number of halogens is 2. The molecule has 1 aromatic carbocycles. The molecular weight excluding hydrogens is 274 g/mol. The third kappa shape index (κ3) is 2.92. The average molecular weight is 292 g/mol. The second-order valence-electron chi connectivity index (χ2n) is 5.81. The van der Waals surface area contributed by atoms with E-state index in [1.807, 2.05) is 0 Å². The Morgan fingerprint density at radius 1 is 1.19 bits per heavy atom. The Kier molecular flexibility index (Phi) is 4.18. The lowest BCUT2D eigenvalue weighted by Gasteiger charge is -2.31. The van der Waals surface area contributed by atoms with Crippen LogP contribution in [0.2, 0.25) is 0 Å². The first kappa shape index (κ1) is 14.4. The van der Waals surface area contributed by atoms with Gasteiger partial charge in [0.2, 0.25) is 0 Å². The number of rotatable bonds is 2. The van der Waals surface area contributed by atoms with Crippen molar-refractivity contribution in [3.8, 4) is 6.07 Å². The highest BCUT2D eigenvalue weighted by atomic mass is 19.1. The zero-order valence-electron chi connectivity index (χ0n) is 11.8. The average Bonchev–Trinajstić information content (AvgIpc) is 2.92. The second kappa shape index (κ2) is 6.08. The van der Waals surface area contributed by atoms with Gasteiger partial charge in [0.1, 0.15) is 11.6 Å². The molecule has 2 atom stereocenters. The quantitative estimate of drug-likeness (QED) is 0.841. The number of nitrogens with zero attached hydrogens (tertiary/aromatic N) is 2. The van der Waals surface area contributed by atoms with Crippen LogP contribution in [0.25, 0.3) is 0 Å². The molecule has 0 aromatic heterocycles. The van der Waals surface area contributed by atoms with Gasteiger partial charge in [-0.2, -0.15) is 5.26 Å². The third-order valence-corrected chi connectivity index (χ3v) is 4.58. The highest BCUT2D eigenvalue weighted by molar-refractivity contribution is 5.27. The van der Waals surface area contributed by atoms with Crippen molar-refractivity contribution in [2.75, 3.05) is 26.3 Å². The molecule has 2 aliphatic heterocycles. The van der Waals surface area contributed by atoms with Gasteiger partial charge in [-0.15, -0.1) is 0 Å². The molecule has 2 heterocycles. The summed E-state index contributed by atoms with van der Waals surface area (Å²) in [5.41, 5.74) is 0.456. The van der Waals surface area contributed by atoms with Crippen molar-refractivity contribution in [2.45, 2.75) is 24.8 Å². The van der Waals surface area contributed by atoms with Gasteiger partial charge in [-0.1, -0.05) is 6.07 Å². The predicted molar refractivity (Wildman–Crippen MR) is 73.6 cm³/mol. The Balaban J connectivity index is 1.80. The molecule has 1 aromatic rings. The summed E-state index contributed by atoms with van der Waals surface area (Å²) in [5, 5.41) is 9.36. The zero-order valence-corrected chi connectivity index (χ0v) is 11.8. The minimum atomic E-state index is -0.580. The molecule has 0 aliphatic carbocycles.